The molecular weight excluding hydrogens is 325 g/mol. The first-order chi connectivity index (χ1) is 12.0. The Kier molecular flexibility index (Phi) is 6.51. The quantitative estimate of drug-likeness (QED) is 0.771. The van der Waals surface area contributed by atoms with Gasteiger partial charge in [-0.25, -0.2) is 9.18 Å². The molecule has 0 aliphatic heterocycles. The molecule has 0 aliphatic rings. The molecule has 0 saturated heterocycles. The number of amides is 1. The largest absolute Gasteiger partial charge is 0.482 e. The summed E-state index contributed by atoms with van der Waals surface area (Å²) in [6.45, 7) is 1.77. The van der Waals surface area contributed by atoms with Crippen LogP contribution in [-0.2, 0) is 16.1 Å². The Bertz CT molecular complexity index is 730. The van der Waals surface area contributed by atoms with Gasteiger partial charge in [-0.3, -0.25) is 4.79 Å². The Labute approximate surface area is 145 Å². The van der Waals surface area contributed by atoms with Crippen LogP contribution in [0.2, 0.25) is 0 Å². The Morgan fingerprint density at radius 2 is 1.92 bits per heavy atom. The Balaban J connectivity index is 1.97. The minimum absolute atomic E-state index is 0.147. The molecule has 25 heavy (non-hydrogen) atoms. The molecule has 132 valence electrons. The molecule has 1 unspecified atom stereocenters. The van der Waals surface area contributed by atoms with Crippen LogP contribution in [0.25, 0.3) is 0 Å². The number of nitrogens with one attached hydrogen (secondary N) is 1. The molecule has 2 N–H and O–H groups in total. The van der Waals surface area contributed by atoms with E-state index in [1.54, 1.807) is 30.3 Å². The van der Waals surface area contributed by atoms with Crippen LogP contribution in [0, 0.1) is 5.82 Å². The minimum Gasteiger partial charge on any atom is -0.482 e. The Hall–Kier alpha value is -2.89. The number of hydrogen-bond donors (Lipinski definition) is 2. The van der Waals surface area contributed by atoms with Crippen LogP contribution in [0.3, 0.4) is 0 Å². The van der Waals surface area contributed by atoms with Crippen molar-refractivity contribution < 1.29 is 23.8 Å². The average Bonchev–Trinajstić information content (AvgIpc) is 2.61. The number of rotatable bonds is 8. The zero-order valence-corrected chi connectivity index (χ0v) is 13.9. The van der Waals surface area contributed by atoms with Crippen LogP contribution < -0.4 is 10.1 Å². The van der Waals surface area contributed by atoms with Gasteiger partial charge in [0.1, 0.15) is 11.6 Å². The Morgan fingerprint density at radius 1 is 1.20 bits per heavy atom. The van der Waals surface area contributed by atoms with Crippen LogP contribution in [0.15, 0.2) is 48.5 Å². The number of carboxylic acids is 1. The molecule has 0 bridgehead atoms. The predicted octanol–water partition coefficient (Wildman–Crippen LogP) is 3.10. The average molecular weight is 345 g/mol. The standard InChI is InChI=1S/C19H20FNO4/c1-2-17(14-6-8-15(20)9-7-14)19(24)21-11-13-4-3-5-16(10-13)25-12-18(22)23/h3-10,17H,2,11-12H2,1H3,(H,21,24)(H,22,23). The van der Waals surface area contributed by atoms with Crippen molar-refractivity contribution >= 4 is 11.9 Å². The fourth-order valence-electron chi connectivity index (χ4n) is 2.47. The number of carboxylic acid groups (broad SMARTS) is 1. The molecule has 0 saturated carbocycles. The zero-order valence-electron chi connectivity index (χ0n) is 13.9. The molecule has 0 fully saturated rings. The Morgan fingerprint density at radius 3 is 2.56 bits per heavy atom. The third kappa shape index (κ3) is 5.60. The summed E-state index contributed by atoms with van der Waals surface area (Å²) >= 11 is 0. The first-order valence-electron chi connectivity index (χ1n) is 7.96. The van der Waals surface area contributed by atoms with Gasteiger partial charge in [-0.2, -0.15) is 0 Å². The summed E-state index contributed by atoms with van der Waals surface area (Å²) in [5.41, 5.74) is 1.56. The fraction of sp³-hybridized carbons (Fsp3) is 0.263. The predicted molar refractivity (Wildman–Crippen MR) is 90.9 cm³/mol. The molecule has 2 rings (SSSR count). The van der Waals surface area contributed by atoms with Crippen LogP contribution in [-0.4, -0.2) is 23.6 Å². The lowest BCUT2D eigenvalue weighted by Crippen LogP contribution is -2.28. The van der Waals surface area contributed by atoms with Crippen molar-refractivity contribution in [3.8, 4) is 5.75 Å². The highest BCUT2D eigenvalue weighted by atomic mass is 19.1. The second-order valence-corrected chi connectivity index (χ2v) is 5.56. The fourth-order valence-corrected chi connectivity index (χ4v) is 2.47. The summed E-state index contributed by atoms with van der Waals surface area (Å²) < 4.78 is 18.1. The number of aliphatic carboxylic acids is 1. The molecular formula is C19H20FNO4. The van der Waals surface area contributed by atoms with Crippen LogP contribution in [0.4, 0.5) is 4.39 Å². The van der Waals surface area contributed by atoms with E-state index in [9.17, 15) is 14.0 Å². The van der Waals surface area contributed by atoms with E-state index < -0.39 is 12.6 Å². The third-order valence-corrected chi connectivity index (χ3v) is 3.72. The van der Waals surface area contributed by atoms with Crippen molar-refractivity contribution in [1.82, 2.24) is 5.32 Å². The van der Waals surface area contributed by atoms with Gasteiger partial charge < -0.3 is 15.2 Å². The summed E-state index contributed by atoms with van der Waals surface area (Å²) in [4.78, 5) is 22.9. The lowest BCUT2D eigenvalue weighted by atomic mass is 9.95. The van der Waals surface area contributed by atoms with E-state index in [1.807, 2.05) is 13.0 Å². The number of hydrogen-bond acceptors (Lipinski definition) is 3. The summed E-state index contributed by atoms with van der Waals surface area (Å²) in [5, 5.41) is 11.5. The van der Waals surface area contributed by atoms with E-state index in [0.717, 1.165) is 11.1 Å². The van der Waals surface area contributed by atoms with Gasteiger partial charge in [-0.1, -0.05) is 31.2 Å². The highest BCUT2D eigenvalue weighted by Gasteiger charge is 2.18. The van der Waals surface area contributed by atoms with Crippen LogP contribution in [0.1, 0.15) is 30.4 Å². The van der Waals surface area contributed by atoms with Gasteiger partial charge >= 0.3 is 5.97 Å². The molecule has 0 heterocycles. The van der Waals surface area contributed by atoms with Gasteiger partial charge in [0, 0.05) is 6.54 Å². The van der Waals surface area contributed by atoms with Crippen molar-refractivity contribution in [1.29, 1.82) is 0 Å². The first-order valence-corrected chi connectivity index (χ1v) is 7.96. The van der Waals surface area contributed by atoms with E-state index in [-0.39, 0.29) is 17.6 Å². The maximum atomic E-state index is 13.0. The normalized spacial score (nSPS) is 11.6. The van der Waals surface area contributed by atoms with Gasteiger partial charge in [0.15, 0.2) is 6.61 Å². The molecule has 5 nitrogen and oxygen atoms in total. The van der Waals surface area contributed by atoms with Crippen molar-refractivity contribution in [3.05, 3.63) is 65.5 Å². The summed E-state index contributed by atoms with van der Waals surface area (Å²) in [6.07, 6.45) is 0.596. The van der Waals surface area contributed by atoms with E-state index in [1.165, 1.54) is 12.1 Å². The van der Waals surface area contributed by atoms with Crippen LogP contribution in [0.5, 0.6) is 5.75 Å². The lowest BCUT2D eigenvalue weighted by Gasteiger charge is -2.16. The van der Waals surface area contributed by atoms with Crippen LogP contribution >= 0.6 is 0 Å². The monoisotopic (exact) mass is 345 g/mol. The molecule has 2 aromatic rings. The smallest absolute Gasteiger partial charge is 0.341 e. The lowest BCUT2D eigenvalue weighted by molar-refractivity contribution is -0.139. The maximum absolute atomic E-state index is 13.0. The summed E-state index contributed by atoms with van der Waals surface area (Å²) in [7, 11) is 0. The number of ether oxygens (including phenoxy) is 1. The maximum Gasteiger partial charge on any atom is 0.341 e. The van der Waals surface area contributed by atoms with Gasteiger partial charge in [0.05, 0.1) is 5.92 Å². The summed E-state index contributed by atoms with van der Waals surface area (Å²) in [5.74, 6) is -1.46. The van der Waals surface area contributed by atoms with E-state index in [2.05, 4.69) is 5.32 Å². The topological polar surface area (TPSA) is 75.6 Å². The molecule has 0 aromatic heterocycles. The number of halogens is 1. The third-order valence-electron chi connectivity index (χ3n) is 3.72. The van der Waals surface area contributed by atoms with E-state index >= 15 is 0 Å². The number of benzene rings is 2. The SMILES string of the molecule is CCC(C(=O)NCc1cccc(OCC(=O)O)c1)c1ccc(F)cc1. The molecule has 1 amide bonds. The molecule has 1 atom stereocenters. The highest BCUT2D eigenvalue weighted by molar-refractivity contribution is 5.83. The number of carbonyl (C=O) groups is 2. The van der Waals surface area contributed by atoms with E-state index in [4.69, 9.17) is 9.84 Å². The van der Waals surface area contributed by atoms with Gasteiger partial charge in [0.25, 0.3) is 0 Å². The zero-order chi connectivity index (χ0) is 18.2. The molecule has 6 heteroatoms. The number of carbonyl (C=O) groups excluding carboxylic acids is 1. The van der Waals surface area contributed by atoms with Crippen molar-refractivity contribution in [3.63, 3.8) is 0 Å². The minimum atomic E-state index is -1.05. The van der Waals surface area contributed by atoms with Crippen molar-refractivity contribution in [2.75, 3.05) is 6.61 Å². The molecule has 0 spiro atoms. The molecule has 2 aromatic carbocycles. The van der Waals surface area contributed by atoms with E-state index in [0.29, 0.717) is 18.7 Å². The first kappa shape index (κ1) is 18.4. The van der Waals surface area contributed by atoms with Gasteiger partial charge in [0.2, 0.25) is 5.91 Å². The molecule has 0 aliphatic carbocycles. The van der Waals surface area contributed by atoms with Gasteiger partial charge in [-0.15, -0.1) is 0 Å². The highest BCUT2D eigenvalue weighted by Crippen LogP contribution is 2.20. The van der Waals surface area contributed by atoms with Crippen molar-refractivity contribution in [2.45, 2.75) is 25.8 Å². The second-order valence-electron chi connectivity index (χ2n) is 5.56. The van der Waals surface area contributed by atoms with Crippen molar-refractivity contribution in [2.24, 2.45) is 0 Å². The summed E-state index contributed by atoms with van der Waals surface area (Å²) in [6, 6.07) is 12.8. The second kappa shape index (κ2) is 8.82. The van der Waals surface area contributed by atoms with Gasteiger partial charge in [-0.05, 0) is 41.8 Å². The molecule has 0 radical (unpaired) electrons.